The van der Waals surface area contributed by atoms with Crippen LogP contribution >= 0.6 is 23.1 Å². The molecular weight excluding hydrogens is 613 g/mol. The number of thiophene rings is 1. The molecule has 3 amide bonds. The summed E-state index contributed by atoms with van der Waals surface area (Å²) < 4.78 is 16.5. The number of ether oxygens (including phenoxy) is 3. The zero-order chi connectivity index (χ0) is 31.9. The first-order valence-corrected chi connectivity index (χ1v) is 16.7. The van der Waals surface area contributed by atoms with Crippen molar-refractivity contribution in [2.24, 2.45) is 0 Å². The molecule has 1 saturated heterocycles. The molecular formula is C34H36N2O7S2. The highest BCUT2D eigenvalue weighted by molar-refractivity contribution is 8.18. The molecule has 0 spiro atoms. The summed E-state index contributed by atoms with van der Waals surface area (Å²) in [4.78, 5) is 54.5. The van der Waals surface area contributed by atoms with E-state index in [1.807, 2.05) is 6.07 Å². The Bertz CT molecular complexity index is 1630. The maximum Gasteiger partial charge on any atom is 0.341 e. The highest BCUT2D eigenvalue weighted by Gasteiger charge is 2.35. The minimum atomic E-state index is -0.415. The van der Waals surface area contributed by atoms with Crippen LogP contribution in [0.5, 0.6) is 11.5 Å². The minimum Gasteiger partial charge on any atom is -0.493 e. The smallest absolute Gasteiger partial charge is 0.341 e. The fourth-order valence-electron chi connectivity index (χ4n) is 5.20. The van der Waals surface area contributed by atoms with Gasteiger partial charge in [-0.3, -0.25) is 19.3 Å². The lowest BCUT2D eigenvalue weighted by atomic mass is 9.95. The van der Waals surface area contributed by atoms with Gasteiger partial charge in [-0.05, 0) is 97.8 Å². The Morgan fingerprint density at radius 2 is 1.80 bits per heavy atom. The number of unbranched alkanes of at least 4 members (excludes halogenated alkanes) is 1. The number of hydrogen-bond donors (Lipinski definition) is 1. The van der Waals surface area contributed by atoms with E-state index in [9.17, 15) is 19.2 Å². The highest BCUT2D eigenvalue weighted by Crippen LogP contribution is 2.39. The van der Waals surface area contributed by atoms with E-state index in [0.29, 0.717) is 50.3 Å². The van der Waals surface area contributed by atoms with Crippen molar-refractivity contribution >= 4 is 57.2 Å². The van der Waals surface area contributed by atoms with Gasteiger partial charge in [-0.1, -0.05) is 31.5 Å². The van der Waals surface area contributed by atoms with Crippen molar-refractivity contribution < 1.29 is 33.4 Å². The van der Waals surface area contributed by atoms with Crippen molar-refractivity contribution in [3.63, 3.8) is 0 Å². The molecule has 1 aliphatic heterocycles. The summed E-state index contributed by atoms with van der Waals surface area (Å²) in [5.74, 6) is 0.0295. The van der Waals surface area contributed by atoms with Gasteiger partial charge in [0.1, 0.15) is 5.00 Å². The molecule has 45 heavy (non-hydrogen) atoms. The van der Waals surface area contributed by atoms with E-state index in [0.717, 1.165) is 60.7 Å². The van der Waals surface area contributed by atoms with Crippen LogP contribution in [0, 0.1) is 0 Å². The topological polar surface area (TPSA) is 111 Å². The van der Waals surface area contributed by atoms with Crippen molar-refractivity contribution in [1.29, 1.82) is 0 Å². The summed E-state index contributed by atoms with van der Waals surface area (Å²) in [6, 6.07) is 12.1. The van der Waals surface area contributed by atoms with E-state index in [1.165, 1.54) is 16.2 Å². The van der Waals surface area contributed by atoms with Gasteiger partial charge in [-0.25, -0.2) is 4.79 Å². The Kier molecular flexibility index (Phi) is 10.6. The number of carbonyl (C=O) groups excluding carboxylic acids is 4. The summed E-state index contributed by atoms with van der Waals surface area (Å²) in [5.41, 5.74) is 3.25. The number of amides is 3. The first kappa shape index (κ1) is 32.3. The second-order valence-corrected chi connectivity index (χ2v) is 12.8. The van der Waals surface area contributed by atoms with E-state index in [2.05, 4.69) is 12.2 Å². The molecule has 0 unspecified atom stereocenters. The maximum absolute atomic E-state index is 13.2. The summed E-state index contributed by atoms with van der Waals surface area (Å²) >= 11 is 2.32. The number of carbonyl (C=O) groups is 4. The van der Waals surface area contributed by atoms with Gasteiger partial charge >= 0.3 is 5.97 Å². The number of hydrogen-bond acceptors (Lipinski definition) is 9. The van der Waals surface area contributed by atoms with E-state index >= 15 is 0 Å². The third-order valence-electron chi connectivity index (χ3n) is 7.55. The Morgan fingerprint density at radius 1 is 1.02 bits per heavy atom. The number of benzene rings is 2. The normalized spacial score (nSPS) is 15.3. The molecule has 2 aromatic carbocycles. The molecule has 5 rings (SSSR count). The summed E-state index contributed by atoms with van der Waals surface area (Å²) in [6.45, 7) is 4.77. The number of rotatable bonds is 12. The molecule has 236 valence electrons. The first-order chi connectivity index (χ1) is 21.8. The Labute approximate surface area is 270 Å². The molecule has 3 aromatic rings. The van der Waals surface area contributed by atoms with Gasteiger partial charge in [-0.15, -0.1) is 11.3 Å². The quantitative estimate of drug-likeness (QED) is 0.122. The predicted molar refractivity (Wildman–Crippen MR) is 176 cm³/mol. The average Bonchev–Trinajstić information content (AvgIpc) is 3.53. The lowest BCUT2D eigenvalue weighted by molar-refractivity contribution is -0.123. The standard InChI is InChI=1S/C34H36N2O7S2/c1-4-6-17-43-25-16-13-22(18-26(25)41-3)19-28-32(38)36(34(40)45-28)20-21-11-14-23(15-12-21)30(37)35-31-29(33(39)42-5-2)24-9-7-8-10-27(24)44-31/h11-16,18-19H,4-10,17,20H2,1-3H3,(H,35,37)/b28-19-. The maximum atomic E-state index is 13.2. The van der Waals surface area contributed by atoms with E-state index in [1.54, 1.807) is 56.5 Å². The van der Waals surface area contributed by atoms with Crippen LogP contribution in [0.4, 0.5) is 9.80 Å². The van der Waals surface area contributed by atoms with Gasteiger partial charge in [0.25, 0.3) is 17.1 Å². The van der Waals surface area contributed by atoms with Crippen LogP contribution in [-0.2, 0) is 28.9 Å². The van der Waals surface area contributed by atoms with Crippen LogP contribution in [0.1, 0.15) is 81.8 Å². The molecule has 9 nitrogen and oxygen atoms in total. The van der Waals surface area contributed by atoms with Gasteiger partial charge in [0, 0.05) is 10.4 Å². The molecule has 2 aliphatic rings. The molecule has 11 heteroatoms. The number of aryl methyl sites for hydroxylation is 1. The Hall–Kier alpha value is -4.09. The summed E-state index contributed by atoms with van der Waals surface area (Å²) in [5, 5.41) is 3.06. The SMILES string of the molecule is CCCCOc1ccc(/C=C2\SC(=O)N(Cc3ccc(C(=O)Nc4sc5c(c4C(=O)OCC)CCCC5)cc3)C2=O)cc1OC. The molecule has 2 heterocycles. The van der Waals surface area contributed by atoms with Gasteiger partial charge in [0.15, 0.2) is 11.5 Å². The van der Waals surface area contributed by atoms with Crippen LogP contribution in [0.2, 0.25) is 0 Å². The molecule has 1 aromatic heterocycles. The number of methoxy groups -OCH3 is 1. The first-order valence-electron chi connectivity index (χ1n) is 15.1. The van der Waals surface area contributed by atoms with Gasteiger partial charge in [0.05, 0.1) is 37.3 Å². The van der Waals surface area contributed by atoms with Gasteiger partial charge in [-0.2, -0.15) is 0 Å². The highest BCUT2D eigenvalue weighted by atomic mass is 32.2. The van der Waals surface area contributed by atoms with Crippen LogP contribution in [0.25, 0.3) is 6.08 Å². The van der Waals surface area contributed by atoms with Crippen molar-refractivity contribution in [2.45, 2.75) is 58.9 Å². The fourth-order valence-corrected chi connectivity index (χ4v) is 7.31. The number of nitrogens with one attached hydrogen (secondary N) is 1. The molecule has 1 N–H and O–H groups in total. The molecule has 0 radical (unpaired) electrons. The largest absolute Gasteiger partial charge is 0.493 e. The monoisotopic (exact) mass is 648 g/mol. The Balaban J connectivity index is 1.25. The lowest BCUT2D eigenvalue weighted by Crippen LogP contribution is -2.27. The molecule has 0 bridgehead atoms. The van der Waals surface area contributed by atoms with Crippen molar-refractivity contribution in [2.75, 3.05) is 25.6 Å². The third-order valence-corrected chi connectivity index (χ3v) is 9.66. The zero-order valence-electron chi connectivity index (χ0n) is 25.6. The predicted octanol–water partition coefficient (Wildman–Crippen LogP) is 7.48. The average molecular weight is 649 g/mol. The number of imide groups is 1. The second kappa shape index (κ2) is 14.8. The minimum absolute atomic E-state index is 0.0715. The molecule has 1 fully saturated rings. The van der Waals surface area contributed by atoms with Crippen LogP contribution in [0.15, 0.2) is 47.4 Å². The van der Waals surface area contributed by atoms with Gasteiger partial charge < -0.3 is 19.5 Å². The number of thioether (sulfide) groups is 1. The Morgan fingerprint density at radius 3 is 2.53 bits per heavy atom. The third kappa shape index (κ3) is 7.42. The van der Waals surface area contributed by atoms with E-state index in [4.69, 9.17) is 14.2 Å². The summed E-state index contributed by atoms with van der Waals surface area (Å²) in [7, 11) is 1.56. The van der Waals surface area contributed by atoms with Crippen LogP contribution in [-0.4, -0.2) is 48.2 Å². The van der Waals surface area contributed by atoms with Crippen molar-refractivity contribution in [3.8, 4) is 11.5 Å². The van der Waals surface area contributed by atoms with E-state index in [-0.39, 0.29) is 30.2 Å². The zero-order valence-corrected chi connectivity index (χ0v) is 27.2. The van der Waals surface area contributed by atoms with E-state index < -0.39 is 5.97 Å². The number of anilines is 1. The molecule has 0 atom stereocenters. The number of nitrogens with zero attached hydrogens (tertiary/aromatic N) is 1. The van der Waals surface area contributed by atoms with Crippen LogP contribution in [0.3, 0.4) is 0 Å². The summed E-state index contributed by atoms with van der Waals surface area (Å²) in [6.07, 6.45) is 7.35. The van der Waals surface area contributed by atoms with Gasteiger partial charge in [0.2, 0.25) is 0 Å². The van der Waals surface area contributed by atoms with Crippen molar-refractivity contribution in [3.05, 3.63) is 80.1 Å². The number of esters is 1. The number of fused-ring (bicyclic) bond motifs is 1. The lowest BCUT2D eigenvalue weighted by Gasteiger charge is -2.13. The second-order valence-electron chi connectivity index (χ2n) is 10.7. The fraction of sp³-hybridized carbons (Fsp3) is 0.353. The molecule has 0 saturated carbocycles. The van der Waals surface area contributed by atoms with Crippen molar-refractivity contribution in [1.82, 2.24) is 4.90 Å². The van der Waals surface area contributed by atoms with Crippen LogP contribution < -0.4 is 14.8 Å². The molecule has 1 aliphatic carbocycles.